The smallest absolute Gasteiger partial charge is 0.255 e. The van der Waals surface area contributed by atoms with Gasteiger partial charge in [0.25, 0.3) is 5.91 Å². The highest BCUT2D eigenvalue weighted by molar-refractivity contribution is 6.02. The highest BCUT2D eigenvalue weighted by atomic mass is 16.5. The zero-order valence-electron chi connectivity index (χ0n) is 23.4. The number of quaternary nitrogens is 1. The first-order valence-electron chi connectivity index (χ1n) is 13.1. The Morgan fingerprint density at radius 2 is 1.64 bits per heavy atom. The Morgan fingerprint density at radius 1 is 0.949 bits per heavy atom. The van der Waals surface area contributed by atoms with Gasteiger partial charge in [-0.05, 0) is 12.1 Å². The van der Waals surface area contributed by atoms with E-state index in [9.17, 15) is 4.79 Å². The van der Waals surface area contributed by atoms with Crippen LogP contribution in [0.4, 0.5) is 5.82 Å². The predicted octanol–water partition coefficient (Wildman–Crippen LogP) is 2.45. The number of nitrogens with one attached hydrogen (secondary N) is 3. The van der Waals surface area contributed by atoms with Gasteiger partial charge in [-0.1, -0.05) is 0 Å². The Labute approximate surface area is 229 Å². The number of methoxy groups -OCH3 is 4. The molecule has 2 heterocycles. The summed E-state index contributed by atoms with van der Waals surface area (Å²) in [7, 11) is 8.62. The third-order valence-corrected chi connectivity index (χ3v) is 7.27. The van der Waals surface area contributed by atoms with E-state index in [4.69, 9.17) is 18.9 Å². The second kappa shape index (κ2) is 12.8. The predicted molar refractivity (Wildman–Crippen MR) is 150 cm³/mol. The van der Waals surface area contributed by atoms with Crippen molar-refractivity contribution >= 4 is 22.6 Å². The maximum absolute atomic E-state index is 13.1. The molecule has 11 nitrogen and oxygen atoms in total. The molecule has 3 N–H and O–H groups in total. The average Bonchev–Trinajstić information content (AvgIpc) is 2.97. The molecule has 1 aromatic heterocycles. The highest BCUT2D eigenvalue weighted by Gasteiger charge is 2.24. The molecule has 1 fully saturated rings. The summed E-state index contributed by atoms with van der Waals surface area (Å²) in [5, 5.41) is 10.5. The Kier molecular flexibility index (Phi) is 9.26. The van der Waals surface area contributed by atoms with Crippen LogP contribution in [-0.4, -0.2) is 95.1 Å². The second-order valence-electron chi connectivity index (χ2n) is 9.81. The molecular formula is C28H39N6O5+. The van der Waals surface area contributed by atoms with Crippen LogP contribution in [0.3, 0.4) is 0 Å². The molecule has 4 rings (SSSR count). The van der Waals surface area contributed by atoms with Crippen LogP contribution in [0, 0.1) is 0 Å². The van der Waals surface area contributed by atoms with Gasteiger partial charge in [-0.2, -0.15) is 0 Å². The van der Waals surface area contributed by atoms with E-state index in [-0.39, 0.29) is 5.91 Å². The maximum atomic E-state index is 13.1. The number of amides is 1. The van der Waals surface area contributed by atoms with Crippen molar-refractivity contribution in [3.63, 3.8) is 0 Å². The lowest BCUT2D eigenvalue weighted by atomic mass is 10.1. The summed E-state index contributed by atoms with van der Waals surface area (Å²) in [6.45, 7) is 6.31. The first-order chi connectivity index (χ1) is 18.9. The molecule has 11 heteroatoms. The molecule has 0 radical (unpaired) electrons. The average molecular weight is 540 g/mol. The fourth-order valence-corrected chi connectivity index (χ4v) is 4.91. The summed E-state index contributed by atoms with van der Waals surface area (Å²) >= 11 is 0. The van der Waals surface area contributed by atoms with Gasteiger partial charge < -0.3 is 39.4 Å². The van der Waals surface area contributed by atoms with Gasteiger partial charge in [0.1, 0.15) is 35.1 Å². The fraction of sp³-hybridized carbons (Fsp3) is 0.464. The molecule has 0 bridgehead atoms. The molecule has 0 aliphatic carbocycles. The van der Waals surface area contributed by atoms with Gasteiger partial charge in [-0.25, -0.2) is 9.97 Å². The summed E-state index contributed by atoms with van der Waals surface area (Å²) in [4.78, 5) is 21.9. The highest BCUT2D eigenvalue weighted by Crippen LogP contribution is 2.35. The number of fused-ring (bicyclic) bond motifs is 1. The van der Waals surface area contributed by atoms with Crippen molar-refractivity contribution in [3.8, 4) is 23.0 Å². The van der Waals surface area contributed by atoms with E-state index in [2.05, 4.69) is 33.0 Å². The van der Waals surface area contributed by atoms with E-state index in [0.29, 0.717) is 53.0 Å². The van der Waals surface area contributed by atoms with E-state index in [0.717, 1.165) is 54.6 Å². The third kappa shape index (κ3) is 6.61. The Balaban J connectivity index is 1.49. The van der Waals surface area contributed by atoms with Crippen LogP contribution >= 0.6 is 0 Å². The number of rotatable bonds is 12. The quantitative estimate of drug-likeness (QED) is 0.236. The van der Waals surface area contributed by atoms with Crippen LogP contribution in [0.25, 0.3) is 10.9 Å². The molecule has 3 aromatic rings. The van der Waals surface area contributed by atoms with E-state index in [1.165, 1.54) is 6.33 Å². The largest absolute Gasteiger partial charge is 0.496 e. The van der Waals surface area contributed by atoms with Gasteiger partial charge >= 0.3 is 0 Å². The number of likely N-dealkylation sites (N-methyl/N-ethyl adjacent to an activating group) is 1. The lowest BCUT2D eigenvalue weighted by Crippen LogP contribution is -2.56. The fourth-order valence-electron chi connectivity index (χ4n) is 4.91. The standard InChI is InChI=1S/C28H38N6O5/c1-34(11-8-29-9-12-34)10-6-7-30-28(35)21-15-23-20(16-26(21)39-5)27(33-18-32-23)31-17-22-24(37-3)13-19(36-2)14-25(22)38-4/h13-16,18,29H,6-12,17H2,1-5H3,(H-,30,31,32,33,35)/p+1. The number of aromatic nitrogens is 2. The zero-order chi connectivity index (χ0) is 27.8. The normalized spacial score (nSPS) is 14.5. The van der Waals surface area contributed by atoms with Crippen molar-refractivity contribution < 1.29 is 28.2 Å². The minimum Gasteiger partial charge on any atom is -0.496 e. The summed E-state index contributed by atoms with van der Waals surface area (Å²) in [6.07, 6.45) is 2.38. The first kappa shape index (κ1) is 28.2. The van der Waals surface area contributed by atoms with Gasteiger partial charge in [0.05, 0.1) is 71.8 Å². The van der Waals surface area contributed by atoms with Crippen molar-refractivity contribution in [2.45, 2.75) is 13.0 Å². The molecule has 1 saturated heterocycles. The van der Waals surface area contributed by atoms with Crippen molar-refractivity contribution in [1.82, 2.24) is 20.6 Å². The summed E-state index contributed by atoms with van der Waals surface area (Å²) in [6, 6.07) is 7.14. The number of carbonyl (C=O) groups excluding carboxylic acids is 1. The Morgan fingerprint density at radius 3 is 2.28 bits per heavy atom. The number of hydrogen-bond donors (Lipinski definition) is 3. The van der Waals surface area contributed by atoms with Gasteiger partial charge in [-0.3, -0.25) is 4.79 Å². The van der Waals surface area contributed by atoms with Crippen LogP contribution in [0.2, 0.25) is 0 Å². The van der Waals surface area contributed by atoms with E-state index >= 15 is 0 Å². The Bertz CT molecular complexity index is 1270. The lowest BCUT2D eigenvalue weighted by Gasteiger charge is -2.38. The molecule has 0 atom stereocenters. The molecule has 1 amide bonds. The molecule has 2 aromatic carbocycles. The SMILES string of the molecule is COc1cc(OC)c(CNc2ncnc3cc(C(=O)NCCC[N+]4(C)CCNCC4)c(OC)cc23)c(OC)c1. The monoisotopic (exact) mass is 539 g/mol. The summed E-state index contributed by atoms with van der Waals surface area (Å²) in [5.41, 5.74) is 1.88. The molecule has 1 aliphatic heterocycles. The number of benzene rings is 2. The minimum atomic E-state index is -0.183. The first-order valence-corrected chi connectivity index (χ1v) is 13.1. The number of nitrogens with zero attached hydrogens (tertiary/aromatic N) is 3. The van der Waals surface area contributed by atoms with Gasteiger partial charge in [0, 0.05) is 50.1 Å². The molecule has 0 spiro atoms. The zero-order valence-corrected chi connectivity index (χ0v) is 23.4. The van der Waals surface area contributed by atoms with E-state index < -0.39 is 0 Å². The van der Waals surface area contributed by atoms with Gasteiger partial charge in [0.15, 0.2) is 0 Å². The molecule has 0 saturated carbocycles. The topological polar surface area (TPSA) is 116 Å². The number of carbonyl (C=O) groups is 1. The summed E-state index contributed by atoms with van der Waals surface area (Å²) in [5.74, 6) is 2.76. The van der Waals surface area contributed by atoms with Crippen molar-refractivity contribution in [2.24, 2.45) is 0 Å². The number of hydrogen-bond acceptors (Lipinski definition) is 9. The minimum absolute atomic E-state index is 0.183. The van der Waals surface area contributed by atoms with Gasteiger partial charge in [-0.15, -0.1) is 0 Å². The number of ether oxygens (including phenoxy) is 4. The number of piperazine rings is 1. The van der Waals surface area contributed by atoms with Crippen LogP contribution in [0.1, 0.15) is 22.3 Å². The second-order valence-corrected chi connectivity index (χ2v) is 9.81. The molecular weight excluding hydrogens is 500 g/mol. The van der Waals surface area contributed by atoms with Crippen LogP contribution in [0.15, 0.2) is 30.6 Å². The molecule has 210 valence electrons. The maximum Gasteiger partial charge on any atom is 0.255 e. The van der Waals surface area contributed by atoms with Crippen molar-refractivity contribution in [2.75, 3.05) is 80.1 Å². The van der Waals surface area contributed by atoms with Crippen molar-refractivity contribution in [1.29, 1.82) is 0 Å². The lowest BCUT2D eigenvalue weighted by molar-refractivity contribution is -0.911. The Hall–Kier alpha value is -3.83. The molecule has 39 heavy (non-hydrogen) atoms. The third-order valence-electron chi connectivity index (χ3n) is 7.27. The van der Waals surface area contributed by atoms with Crippen molar-refractivity contribution in [3.05, 3.63) is 41.7 Å². The van der Waals surface area contributed by atoms with Crippen LogP contribution in [0.5, 0.6) is 23.0 Å². The van der Waals surface area contributed by atoms with Crippen LogP contribution in [-0.2, 0) is 6.54 Å². The van der Waals surface area contributed by atoms with E-state index in [1.54, 1.807) is 52.7 Å². The van der Waals surface area contributed by atoms with Crippen LogP contribution < -0.4 is 34.9 Å². The number of anilines is 1. The molecule has 1 aliphatic rings. The van der Waals surface area contributed by atoms with Gasteiger partial charge in [0.2, 0.25) is 0 Å². The summed E-state index contributed by atoms with van der Waals surface area (Å²) < 4.78 is 23.1. The van der Waals surface area contributed by atoms with E-state index in [1.807, 2.05) is 0 Å². The molecule has 0 unspecified atom stereocenters.